The molecule has 3 nitrogen and oxygen atoms in total. The Morgan fingerprint density at radius 3 is 2.90 bits per heavy atom. The van der Waals surface area contributed by atoms with Crippen LogP contribution in [0.25, 0.3) is 10.9 Å². The van der Waals surface area contributed by atoms with Crippen molar-refractivity contribution in [2.24, 2.45) is 5.92 Å². The summed E-state index contributed by atoms with van der Waals surface area (Å²) in [6.45, 7) is 6.59. The first kappa shape index (κ1) is 13.6. The molecule has 0 amide bonds. The van der Waals surface area contributed by atoms with Gasteiger partial charge in [-0.05, 0) is 51.1 Å². The van der Waals surface area contributed by atoms with E-state index in [0.29, 0.717) is 5.92 Å². The molecule has 1 atom stereocenters. The van der Waals surface area contributed by atoms with Crippen molar-refractivity contribution in [1.82, 2.24) is 15.1 Å². The number of aryl methyl sites for hydroxylation is 1. The third-order valence-electron chi connectivity index (χ3n) is 4.22. The normalized spacial score (nSPS) is 16.7. The summed E-state index contributed by atoms with van der Waals surface area (Å²) in [4.78, 5) is 0. The van der Waals surface area contributed by atoms with Gasteiger partial charge in [0.25, 0.3) is 0 Å². The lowest BCUT2D eigenvalue weighted by atomic mass is 10.00. The van der Waals surface area contributed by atoms with Crippen LogP contribution < -0.4 is 5.32 Å². The SMILES string of the molecule is CCn1nc(CC(C)CCNC2CC2)c2ccccc21. The first-order valence-corrected chi connectivity index (χ1v) is 7.95. The van der Waals surface area contributed by atoms with Crippen LogP contribution in [0.1, 0.15) is 38.8 Å². The lowest BCUT2D eigenvalue weighted by molar-refractivity contribution is 0.490. The maximum Gasteiger partial charge on any atom is 0.0706 e. The number of fused-ring (bicyclic) bond motifs is 1. The van der Waals surface area contributed by atoms with Gasteiger partial charge in [0.2, 0.25) is 0 Å². The Kier molecular flexibility index (Phi) is 4.06. The van der Waals surface area contributed by atoms with Gasteiger partial charge in [-0.2, -0.15) is 5.10 Å². The quantitative estimate of drug-likeness (QED) is 0.836. The number of rotatable bonds is 7. The van der Waals surface area contributed by atoms with Crippen molar-refractivity contribution in [3.05, 3.63) is 30.0 Å². The topological polar surface area (TPSA) is 29.9 Å². The average molecular weight is 271 g/mol. The molecule has 0 spiro atoms. The van der Waals surface area contributed by atoms with Crippen molar-refractivity contribution < 1.29 is 0 Å². The van der Waals surface area contributed by atoms with Crippen LogP contribution in [-0.4, -0.2) is 22.4 Å². The molecule has 3 rings (SSSR count). The van der Waals surface area contributed by atoms with Gasteiger partial charge in [0, 0.05) is 18.0 Å². The van der Waals surface area contributed by atoms with Gasteiger partial charge in [-0.3, -0.25) is 4.68 Å². The first-order valence-electron chi connectivity index (χ1n) is 7.95. The van der Waals surface area contributed by atoms with Crippen LogP contribution in [0, 0.1) is 5.92 Å². The summed E-state index contributed by atoms with van der Waals surface area (Å²) in [5.74, 6) is 0.685. The minimum Gasteiger partial charge on any atom is -0.314 e. The number of hydrogen-bond acceptors (Lipinski definition) is 2. The molecule has 1 N–H and O–H groups in total. The van der Waals surface area contributed by atoms with Crippen molar-refractivity contribution >= 4 is 10.9 Å². The van der Waals surface area contributed by atoms with Crippen molar-refractivity contribution in [3.8, 4) is 0 Å². The second-order valence-corrected chi connectivity index (χ2v) is 6.11. The number of aromatic nitrogens is 2. The second-order valence-electron chi connectivity index (χ2n) is 6.11. The largest absolute Gasteiger partial charge is 0.314 e. The Balaban J connectivity index is 1.66. The zero-order valence-corrected chi connectivity index (χ0v) is 12.6. The van der Waals surface area contributed by atoms with Crippen molar-refractivity contribution in [3.63, 3.8) is 0 Å². The van der Waals surface area contributed by atoms with Crippen LogP contribution in [0.2, 0.25) is 0 Å². The van der Waals surface area contributed by atoms with Crippen molar-refractivity contribution in [2.45, 2.75) is 52.1 Å². The van der Waals surface area contributed by atoms with E-state index in [4.69, 9.17) is 5.10 Å². The number of benzene rings is 1. The van der Waals surface area contributed by atoms with Gasteiger partial charge < -0.3 is 5.32 Å². The molecule has 20 heavy (non-hydrogen) atoms. The smallest absolute Gasteiger partial charge is 0.0706 e. The molecular formula is C17H25N3. The molecule has 1 heterocycles. The second kappa shape index (κ2) is 5.96. The fraction of sp³-hybridized carbons (Fsp3) is 0.588. The predicted octanol–water partition coefficient (Wildman–Crippen LogP) is 3.38. The molecule has 0 radical (unpaired) electrons. The lowest BCUT2D eigenvalue weighted by Gasteiger charge is -2.10. The maximum absolute atomic E-state index is 4.80. The van der Waals surface area contributed by atoms with Gasteiger partial charge in [-0.15, -0.1) is 0 Å². The van der Waals surface area contributed by atoms with Gasteiger partial charge in [0.15, 0.2) is 0 Å². The van der Waals surface area contributed by atoms with E-state index in [2.05, 4.69) is 48.1 Å². The van der Waals surface area contributed by atoms with Crippen LogP contribution in [0.4, 0.5) is 0 Å². The van der Waals surface area contributed by atoms with Crippen LogP contribution >= 0.6 is 0 Å². The Labute approximate surface area is 121 Å². The Morgan fingerprint density at radius 1 is 1.35 bits per heavy atom. The molecule has 1 aliphatic carbocycles. The maximum atomic E-state index is 4.80. The Bertz CT molecular complexity index is 569. The molecule has 1 aromatic heterocycles. The van der Waals surface area contributed by atoms with Crippen LogP contribution in [-0.2, 0) is 13.0 Å². The van der Waals surface area contributed by atoms with Crippen LogP contribution in [0.3, 0.4) is 0 Å². The molecular weight excluding hydrogens is 246 g/mol. The molecule has 0 aliphatic heterocycles. The number of nitrogens with one attached hydrogen (secondary N) is 1. The lowest BCUT2D eigenvalue weighted by Crippen LogP contribution is -2.20. The van der Waals surface area contributed by atoms with Gasteiger partial charge in [0.05, 0.1) is 11.2 Å². The zero-order valence-electron chi connectivity index (χ0n) is 12.6. The third kappa shape index (κ3) is 3.04. The predicted molar refractivity (Wildman–Crippen MR) is 83.9 cm³/mol. The van der Waals surface area contributed by atoms with E-state index in [-0.39, 0.29) is 0 Å². The highest BCUT2D eigenvalue weighted by molar-refractivity contribution is 5.81. The van der Waals surface area contributed by atoms with Gasteiger partial charge in [-0.1, -0.05) is 25.1 Å². The molecule has 0 saturated heterocycles. The first-order chi connectivity index (χ1) is 9.78. The summed E-state index contributed by atoms with van der Waals surface area (Å²) in [7, 11) is 0. The third-order valence-corrected chi connectivity index (χ3v) is 4.22. The highest BCUT2D eigenvalue weighted by Gasteiger charge is 2.20. The summed E-state index contributed by atoms with van der Waals surface area (Å²) < 4.78 is 2.12. The van der Waals surface area contributed by atoms with Crippen LogP contribution in [0.5, 0.6) is 0 Å². The fourth-order valence-corrected chi connectivity index (χ4v) is 2.84. The fourth-order valence-electron chi connectivity index (χ4n) is 2.84. The van der Waals surface area contributed by atoms with E-state index in [0.717, 1.165) is 25.6 Å². The van der Waals surface area contributed by atoms with Gasteiger partial charge >= 0.3 is 0 Å². The Hall–Kier alpha value is -1.35. The van der Waals surface area contributed by atoms with Gasteiger partial charge in [0.1, 0.15) is 0 Å². The highest BCUT2D eigenvalue weighted by atomic mass is 15.3. The van der Waals surface area contributed by atoms with E-state index in [1.54, 1.807) is 0 Å². The molecule has 0 bridgehead atoms. The summed E-state index contributed by atoms with van der Waals surface area (Å²) in [6.07, 6.45) is 5.07. The monoisotopic (exact) mass is 271 g/mol. The summed E-state index contributed by atoms with van der Waals surface area (Å²) >= 11 is 0. The van der Waals surface area contributed by atoms with E-state index < -0.39 is 0 Å². The van der Waals surface area contributed by atoms with Crippen molar-refractivity contribution in [1.29, 1.82) is 0 Å². The van der Waals surface area contributed by atoms with Crippen LogP contribution in [0.15, 0.2) is 24.3 Å². The molecule has 2 aromatic rings. The van der Waals surface area contributed by atoms with E-state index in [1.807, 2.05) is 0 Å². The number of hydrogen-bond donors (Lipinski definition) is 1. The molecule has 1 aliphatic rings. The summed E-state index contributed by atoms with van der Waals surface area (Å²) in [6, 6.07) is 9.42. The Morgan fingerprint density at radius 2 is 2.15 bits per heavy atom. The average Bonchev–Trinajstić information content (AvgIpc) is 3.21. The molecule has 108 valence electrons. The summed E-state index contributed by atoms with van der Waals surface area (Å²) in [5.41, 5.74) is 2.54. The molecule has 3 heteroatoms. The number of nitrogens with zero attached hydrogens (tertiary/aromatic N) is 2. The molecule has 1 aromatic carbocycles. The highest BCUT2D eigenvalue weighted by Crippen LogP contribution is 2.22. The van der Waals surface area contributed by atoms with E-state index in [9.17, 15) is 0 Å². The number of para-hydroxylation sites is 1. The molecule has 1 fully saturated rings. The van der Waals surface area contributed by atoms with E-state index in [1.165, 1.54) is 35.9 Å². The minimum atomic E-state index is 0.685. The summed E-state index contributed by atoms with van der Waals surface area (Å²) in [5, 5.41) is 9.73. The molecule has 1 saturated carbocycles. The van der Waals surface area contributed by atoms with Crippen molar-refractivity contribution in [2.75, 3.05) is 6.54 Å². The molecule has 1 unspecified atom stereocenters. The van der Waals surface area contributed by atoms with Gasteiger partial charge in [-0.25, -0.2) is 0 Å². The standard InChI is InChI=1S/C17H25N3/c1-3-20-17-7-5-4-6-15(17)16(19-20)12-13(2)10-11-18-14-8-9-14/h4-7,13-14,18H,3,8-12H2,1-2H3. The minimum absolute atomic E-state index is 0.685. The zero-order chi connectivity index (χ0) is 13.9. The van der Waals surface area contributed by atoms with E-state index >= 15 is 0 Å².